The Balaban J connectivity index is 1.29. The number of aryl methyl sites for hydroxylation is 1. The molecule has 0 atom stereocenters. The third kappa shape index (κ3) is 3.50. The molecular weight excluding hydrogens is 326 g/mol. The number of carbonyl (C=O) groups excluding carboxylic acids is 2. The molecule has 0 aliphatic heterocycles. The van der Waals surface area contributed by atoms with E-state index >= 15 is 0 Å². The number of nitrogens with two attached hydrogens (primary N) is 1. The monoisotopic (exact) mass is 356 g/mol. The lowest BCUT2D eigenvalue weighted by atomic mass is 9.53. The summed E-state index contributed by atoms with van der Waals surface area (Å²) in [5.41, 5.74) is 3.15. The molecule has 4 fully saturated rings. The zero-order valence-corrected chi connectivity index (χ0v) is 15.8. The molecule has 3 amide bonds. The van der Waals surface area contributed by atoms with E-state index < -0.39 is 6.03 Å². The number of urea groups is 1. The van der Waals surface area contributed by atoms with Crippen LogP contribution in [0.2, 0.25) is 0 Å². The van der Waals surface area contributed by atoms with Crippen LogP contribution in [-0.4, -0.2) is 24.0 Å². The molecule has 0 aromatic heterocycles. The predicted molar refractivity (Wildman–Crippen MR) is 101 cm³/mol. The molecule has 4 aliphatic rings. The molecule has 0 spiro atoms. The summed E-state index contributed by atoms with van der Waals surface area (Å²) in [7, 11) is 0. The Morgan fingerprint density at radius 3 is 2.31 bits per heavy atom. The number of amides is 3. The Morgan fingerprint density at radius 2 is 1.69 bits per heavy atom. The van der Waals surface area contributed by atoms with Gasteiger partial charge in [-0.25, -0.2) is 4.79 Å². The van der Waals surface area contributed by atoms with Gasteiger partial charge in [-0.1, -0.05) is 12.1 Å². The van der Waals surface area contributed by atoms with Crippen molar-refractivity contribution in [2.45, 2.75) is 57.9 Å². The third-order valence-corrected chi connectivity index (χ3v) is 6.91. The van der Waals surface area contributed by atoms with Gasteiger partial charge in [-0.2, -0.15) is 0 Å². The fourth-order valence-corrected chi connectivity index (χ4v) is 5.95. The highest BCUT2D eigenvalue weighted by Crippen LogP contribution is 2.54. The topological polar surface area (TPSA) is 74.8 Å². The van der Waals surface area contributed by atoms with Crippen molar-refractivity contribution in [1.29, 1.82) is 0 Å². The molecule has 0 unspecified atom stereocenters. The minimum absolute atomic E-state index is 0.205. The van der Waals surface area contributed by atoms with Gasteiger partial charge < -0.3 is 10.6 Å². The smallest absolute Gasteiger partial charge is 0.326 e. The Labute approximate surface area is 155 Å². The van der Waals surface area contributed by atoms with Crippen LogP contribution in [0.4, 0.5) is 10.5 Å². The summed E-state index contributed by atoms with van der Waals surface area (Å²) in [5, 5.41) is 7.51. The highest BCUT2D eigenvalue weighted by Gasteiger charge is 2.53. The van der Waals surface area contributed by atoms with E-state index in [9.17, 15) is 9.59 Å². The normalized spacial score (nSPS) is 31.7. The van der Waals surface area contributed by atoms with E-state index in [0.717, 1.165) is 34.6 Å². The van der Waals surface area contributed by atoms with Gasteiger partial charge in [-0.3, -0.25) is 10.1 Å². The maximum Gasteiger partial charge on any atom is 0.326 e. The third-order valence-electron chi connectivity index (χ3n) is 6.91. The van der Waals surface area contributed by atoms with Crippen molar-refractivity contribution in [3.63, 3.8) is 0 Å². The minimum atomic E-state index is -0.442. The highest BCUT2D eigenvalue weighted by atomic mass is 16.2. The SMILES string of the molecule is Cc1cccc(NC(=O)NC(=O)C[NH2+]C23CC4CC(CC(C4)C2)C3)c1C. The first-order valence-electron chi connectivity index (χ1n) is 9.94. The molecule has 4 saturated carbocycles. The van der Waals surface area contributed by atoms with Crippen LogP contribution in [-0.2, 0) is 4.79 Å². The van der Waals surface area contributed by atoms with Gasteiger partial charge in [-0.05, 0) is 68.1 Å². The highest BCUT2D eigenvalue weighted by molar-refractivity contribution is 6.01. The van der Waals surface area contributed by atoms with Crippen molar-refractivity contribution < 1.29 is 14.9 Å². The molecule has 5 rings (SSSR count). The summed E-state index contributed by atoms with van der Waals surface area (Å²) in [6, 6.07) is 5.32. The molecule has 0 heterocycles. The first-order chi connectivity index (χ1) is 12.4. The summed E-state index contributed by atoms with van der Waals surface area (Å²) in [4.78, 5) is 24.4. The largest absolute Gasteiger partial charge is 0.334 e. The molecule has 4 N–H and O–H groups in total. The first-order valence-corrected chi connectivity index (χ1v) is 9.94. The zero-order chi connectivity index (χ0) is 18.3. The molecule has 5 heteroatoms. The Bertz CT molecular complexity index is 693. The quantitative estimate of drug-likeness (QED) is 0.775. The second-order valence-corrected chi connectivity index (χ2v) is 8.94. The second kappa shape index (κ2) is 6.69. The lowest BCUT2D eigenvalue weighted by Crippen LogP contribution is -3.00. The van der Waals surface area contributed by atoms with Crippen LogP contribution in [0.15, 0.2) is 18.2 Å². The van der Waals surface area contributed by atoms with Crippen LogP contribution in [0.25, 0.3) is 0 Å². The van der Waals surface area contributed by atoms with Gasteiger partial charge in [0, 0.05) is 24.9 Å². The lowest BCUT2D eigenvalue weighted by molar-refractivity contribution is -0.730. The number of carbonyl (C=O) groups is 2. The van der Waals surface area contributed by atoms with E-state index in [1.165, 1.54) is 38.5 Å². The number of benzene rings is 1. The summed E-state index contributed by atoms with van der Waals surface area (Å²) >= 11 is 0. The van der Waals surface area contributed by atoms with E-state index in [1.54, 1.807) is 0 Å². The van der Waals surface area contributed by atoms with Gasteiger partial charge in [0.25, 0.3) is 5.91 Å². The van der Waals surface area contributed by atoms with Gasteiger partial charge in [0.05, 0.1) is 5.54 Å². The predicted octanol–water partition coefficient (Wildman–Crippen LogP) is 2.48. The number of anilines is 1. The summed E-state index contributed by atoms with van der Waals surface area (Å²) in [6.07, 6.45) is 7.95. The number of hydrogen-bond donors (Lipinski definition) is 3. The van der Waals surface area contributed by atoms with Gasteiger partial charge >= 0.3 is 6.03 Å². The van der Waals surface area contributed by atoms with Crippen molar-refractivity contribution in [3.8, 4) is 0 Å². The molecule has 4 bridgehead atoms. The van der Waals surface area contributed by atoms with Crippen LogP contribution in [0, 0.1) is 31.6 Å². The zero-order valence-electron chi connectivity index (χ0n) is 15.8. The summed E-state index contributed by atoms with van der Waals surface area (Å²) in [5.74, 6) is 2.40. The number of hydrogen-bond acceptors (Lipinski definition) is 2. The Hall–Kier alpha value is -1.88. The number of imide groups is 1. The number of nitrogens with one attached hydrogen (secondary N) is 2. The summed E-state index contributed by atoms with van der Waals surface area (Å²) < 4.78 is 0. The van der Waals surface area contributed by atoms with Gasteiger partial charge in [0.15, 0.2) is 6.54 Å². The van der Waals surface area contributed by atoms with Gasteiger partial charge in [0.2, 0.25) is 0 Å². The van der Waals surface area contributed by atoms with Crippen LogP contribution >= 0.6 is 0 Å². The van der Waals surface area contributed by atoms with E-state index in [-0.39, 0.29) is 11.4 Å². The van der Waals surface area contributed by atoms with Crippen molar-refractivity contribution in [2.75, 3.05) is 11.9 Å². The van der Waals surface area contributed by atoms with Crippen LogP contribution in [0.3, 0.4) is 0 Å². The first kappa shape index (κ1) is 17.5. The van der Waals surface area contributed by atoms with Crippen LogP contribution in [0.1, 0.15) is 49.7 Å². The van der Waals surface area contributed by atoms with E-state index in [1.807, 2.05) is 32.0 Å². The lowest BCUT2D eigenvalue weighted by Gasteiger charge is -2.54. The van der Waals surface area contributed by atoms with Crippen molar-refractivity contribution in [1.82, 2.24) is 5.32 Å². The number of quaternary nitrogens is 1. The molecule has 1 aromatic carbocycles. The van der Waals surface area contributed by atoms with E-state index in [4.69, 9.17) is 0 Å². The average Bonchev–Trinajstić information content (AvgIpc) is 2.56. The standard InChI is InChI=1S/C21H29N3O2/c1-13-4-3-5-18(14(13)2)23-20(26)24-19(25)12-22-21-9-15-6-16(10-21)8-17(7-15)11-21/h3-5,15-17,22H,6-12H2,1-2H3,(H2,23,24,25,26)/p+1. The van der Waals surface area contributed by atoms with Crippen LogP contribution < -0.4 is 16.0 Å². The maximum absolute atomic E-state index is 12.3. The molecule has 0 radical (unpaired) electrons. The van der Waals surface area contributed by atoms with E-state index in [2.05, 4.69) is 16.0 Å². The molecule has 5 nitrogen and oxygen atoms in total. The number of rotatable bonds is 4. The van der Waals surface area contributed by atoms with Crippen LogP contribution in [0.5, 0.6) is 0 Å². The average molecular weight is 356 g/mol. The molecular formula is C21H30N3O2+. The van der Waals surface area contributed by atoms with Crippen molar-refractivity contribution >= 4 is 17.6 Å². The van der Waals surface area contributed by atoms with Gasteiger partial charge in [0.1, 0.15) is 0 Å². The molecule has 1 aromatic rings. The Kier molecular flexibility index (Phi) is 4.51. The van der Waals surface area contributed by atoms with Crippen molar-refractivity contribution in [3.05, 3.63) is 29.3 Å². The molecule has 26 heavy (non-hydrogen) atoms. The fraction of sp³-hybridized carbons (Fsp3) is 0.619. The fourth-order valence-electron chi connectivity index (χ4n) is 5.95. The Morgan fingerprint density at radius 1 is 1.08 bits per heavy atom. The van der Waals surface area contributed by atoms with Gasteiger partial charge in [-0.15, -0.1) is 0 Å². The molecule has 4 aliphatic carbocycles. The molecule has 0 saturated heterocycles. The minimum Gasteiger partial charge on any atom is -0.334 e. The molecule has 140 valence electrons. The van der Waals surface area contributed by atoms with Crippen molar-refractivity contribution in [2.24, 2.45) is 17.8 Å². The maximum atomic E-state index is 12.3. The summed E-state index contributed by atoms with van der Waals surface area (Å²) in [6.45, 7) is 4.31. The second-order valence-electron chi connectivity index (χ2n) is 8.94. The van der Waals surface area contributed by atoms with E-state index in [0.29, 0.717) is 6.54 Å².